The van der Waals surface area contributed by atoms with E-state index in [0.29, 0.717) is 0 Å². The van der Waals surface area contributed by atoms with Crippen LogP contribution in [0.15, 0.2) is 41.8 Å². The van der Waals surface area contributed by atoms with Gasteiger partial charge in [-0.1, -0.05) is 18.2 Å². The normalized spacial score (nSPS) is 14.1. The van der Waals surface area contributed by atoms with Crippen LogP contribution < -0.4 is 5.32 Å². The summed E-state index contributed by atoms with van der Waals surface area (Å²) in [6, 6.07) is 11.2. The Morgan fingerprint density at radius 2 is 2.00 bits per heavy atom. The molecule has 2 rings (SSSR count). The lowest BCUT2D eigenvalue weighted by Gasteiger charge is -2.13. The highest BCUT2D eigenvalue weighted by Crippen LogP contribution is 2.27. The molecule has 0 saturated heterocycles. The van der Waals surface area contributed by atoms with E-state index >= 15 is 0 Å². The molecule has 2 unspecified atom stereocenters. The fraction of sp³-hybridized carbons (Fsp3) is 0.286. The maximum atomic E-state index is 10.2. The highest BCUT2D eigenvalue weighted by molar-refractivity contribution is 7.10. The van der Waals surface area contributed by atoms with Crippen LogP contribution in [-0.2, 0) is 0 Å². The monoisotopic (exact) mass is 279 g/mol. The summed E-state index contributed by atoms with van der Waals surface area (Å²) in [6.07, 6.45) is -1.42. The quantitative estimate of drug-likeness (QED) is 0.648. The Hall–Kier alpha value is -1.40. The number of rotatable bonds is 6. The van der Waals surface area contributed by atoms with Gasteiger partial charge >= 0.3 is 0 Å². The molecule has 0 amide bonds. The van der Waals surface area contributed by atoms with Crippen molar-refractivity contribution in [1.29, 1.82) is 0 Å². The summed E-state index contributed by atoms with van der Waals surface area (Å²) >= 11 is 1.51. The maximum absolute atomic E-state index is 10.2. The highest BCUT2D eigenvalue weighted by atomic mass is 32.1. The standard InChI is InChI=1S/C14H17NO3S/c16-9-12(17)8-15-11-4-1-3-10(7-11)14(18)13-5-2-6-19-13/h1-7,12,14-18H,8-9H2. The average molecular weight is 279 g/mol. The number of thiophene rings is 1. The highest BCUT2D eigenvalue weighted by Gasteiger charge is 2.11. The largest absolute Gasteiger partial charge is 0.394 e. The molecule has 0 fully saturated rings. The first kappa shape index (κ1) is 14.0. The second-order valence-electron chi connectivity index (χ2n) is 4.26. The van der Waals surface area contributed by atoms with Gasteiger partial charge in [-0.25, -0.2) is 0 Å². The molecule has 0 radical (unpaired) electrons. The van der Waals surface area contributed by atoms with Gasteiger partial charge in [-0.3, -0.25) is 0 Å². The molecule has 0 aliphatic carbocycles. The van der Waals surface area contributed by atoms with E-state index in [4.69, 9.17) is 5.11 Å². The van der Waals surface area contributed by atoms with Gasteiger partial charge in [0.1, 0.15) is 6.10 Å². The van der Waals surface area contributed by atoms with Gasteiger partial charge in [0.2, 0.25) is 0 Å². The van der Waals surface area contributed by atoms with Crippen LogP contribution in [0.4, 0.5) is 5.69 Å². The number of aliphatic hydroxyl groups is 3. The van der Waals surface area contributed by atoms with Crippen molar-refractivity contribution >= 4 is 17.0 Å². The fourth-order valence-corrected chi connectivity index (χ4v) is 2.47. The van der Waals surface area contributed by atoms with Crippen molar-refractivity contribution in [1.82, 2.24) is 0 Å². The van der Waals surface area contributed by atoms with Crippen molar-refractivity contribution < 1.29 is 15.3 Å². The number of hydrogen-bond acceptors (Lipinski definition) is 5. The van der Waals surface area contributed by atoms with E-state index in [-0.39, 0.29) is 13.2 Å². The zero-order chi connectivity index (χ0) is 13.7. The Morgan fingerprint density at radius 3 is 2.68 bits per heavy atom. The summed E-state index contributed by atoms with van der Waals surface area (Å²) in [4.78, 5) is 0.896. The van der Waals surface area contributed by atoms with E-state index in [9.17, 15) is 10.2 Å². The van der Waals surface area contributed by atoms with Crippen molar-refractivity contribution in [3.8, 4) is 0 Å². The zero-order valence-corrected chi connectivity index (χ0v) is 11.2. The summed E-state index contributed by atoms with van der Waals surface area (Å²) in [5.41, 5.74) is 1.60. The third-order valence-electron chi connectivity index (χ3n) is 2.77. The molecule has 0 aliphatic heterocycles. The smallest absolute Gasteiger partial charge is 0.113 e. The Bertz CT molecular complexity index is 501. The zero-order valence-electron chi connectivity index (χ0n) is 10.4. The molecule has 1 heterocycles. The van der Waals surface area contributed by atoms with Crippen LogP contribution in [0.5, 0.6) is 0 Å². The number of nitrogens with one attached hydrogen (secondary N) is 1. The summed E-state index contributed by atoms with van der Waals surface area (Å²) in [5, 5.41) is 33.2. The summed E-state index contributed by atoms with van der Waals surface area (Å²) in [5.74, 6) is 0. The molecule has 102 valence electrons. The number of anilines is 1. The molecular formula is C14H17NO3S. The molecule has 1 aromatic heterocycles. The van der Waals surface area contributed by atoms with Crippen molar-refractivity contribution in [3.05, 3.63) is 52.2 Å². The van der Waals surface area contributed by atoms with Gasteiger partial charge in [0, 0.05) is 17.1 Å². The lowest BCUT2D eigenvalue weighted by molar-refractivity contribution is 0.105. The number of aliphatic hydroxyl groups excluding tert-OH is 3. The molecule has 0 saturated carbocycles. The Labute approximate surface area is 116 Å². The van der Waals surface area contributed by atoms with Gasteiger partial charge in [-0.2, -0.15) is 0 Å². The van der Waals surface area contributed by atoms with Gasteiger partial charge in [-0.15, -0.1) is 11.3 Å². The molecule has 1 aromatic carbocycles. The Morgan fingerprint density at radius 1 is 1.16 bits per heavy atom. The summed E-state index contributed by atoms with van der Waals surface area (Å²) < 4.78 is 0. The fourth-order valence-electron chi connectivity index (χ4n) is 1.73. The average Bonchev–Trinajstić information content (AvgIpc) is 2.98. The predicted octanol–water partition coefficient (Wildman–Crippen LogP) is 1.59. The Balaban J connectivity index is 2.06. The number of benzene rings is 1. The van der Waals surface area contributed by atoms with Crippen LogP contribution in [0, 0.1) is 0 Å². The minimum atomic E-state index is -0.786. The van der Waals surface area contributed by atoms with Gasteiger partial charge in [0.25, 0.3) is 0 Å². The molecule has 0 aliphatic rings. The molecule has 2 atom stereocenters. The third-order valence-corrected chi connectivity index (χ3v) is 3.69. The molecule has 2 aromatic rings. The van der Waals surface area contributed by atoms with Gasteiger partial charge in [0.05, 0.1) is 12.7 Å². The van der Waals surface area contributed by atoms with Gasteiger partial charge in [0.15, 0.2) is 0 Å². The molecule has 5 heteroatoms. The van der Waals surface area contributed by atoms with Crippen LogP contribution in [0.1, 0.15) is 16.5 Å². The van der Waals surface area contributed by atoms with E-state index in [1.54, 1.807) is 0 Å². The molecule has 4 N–H and O–H groups in total. The predicted molar refractivity (Wildman–Crippen MR) is 76.4 cm³/mol. The van der Waals surface area contributed by atoms with E-state index in [0.717, 1.165) is 16.1 Å². The van der Waals surface area contributed by atoms with Gasteiger partial charge in [-0.05, 0) is 29.1 Å². The molecular weight excluding hydrogens is 262 g/mol. The van der Waals surface area contributed by atoms with E-state index < -0.39 is 12.2 Å². The van der Waals surface area contributed by atoms with Crippen molar-refractivity contribution in [2.45, 2.75) is 12.2 Å². The first-order valence-electron chi connectivity index (χ1n) is 6.05. The molecule has 0 bridgehead atoms. The maximum Gasteiger partial charge on any atom is 0.113 e. The first-order valence-corrected chi connectivity index (χ1v) is 6.93. The molecule has 19 heavy (non-hydrogen) atoms. The lowest BCUT2D eigenvalue weighted by atomic mass is 10.1. The van der Waals surface area contributed by atoms with Crippen molar-refractivity contribution in [3.63, 3.8) is 0 Å². The first-order chi connectivity index (χ1) is 9.20. The minimum Gasteiger partial charge on any atom is -0.394 e. The third kappa shape index (κ3) is 3.78. The van der Waals surface area contributed by atoms with Crippen LogP contribution in [0.3, 0.4) is 0 Å². The molecule has 4 nitrogen and oxygen atoms in total. The van der Waals surface area contributed by atoms with E-state index in [1.807, 2.05) is 41.8 Å². The molecule has 0 spiro atoms. The van der Waals surface area contributed by atoms with E-state index in [2.05, 4.69) is 5.32 Å². The second kappa shape index (κ2) is 6.68. The van der Waals surface area contributed by atoms with Crippen molar-refractivity contribution in [2.75, 3.05) is 18.5 Å². The van der Waals surface area contributed by atoms with Crippen LogP contribution in [-0.4, -0.2) is 34.6 Å². The topological polar surface area (TPSA) is 72.7 Å². The SMILES string of the molecule is OCC(O)CNc1cccc(C(O)c2cccs2)c1. The summed E-state index contributed by atoms with van der Waals surface area (Å²) in [6.45, 7) is -0.000435. The van der Waals surface area contributed by atoms with Crippen molar-refractivity contribution in [2.24, 2.45) is 0 Å². The van der Waals surface area contributed by atoms with Crippen LogP contribution in [0.25, 0.3) is 0 Å². The second-order valence-corrected chi connectivity index (χ2v) is 5.24. The Kier molecular flexibility index (Phi) is 4.93. The minimum absolute atomic E-state index is 0.273. The lowest BCUT2D eigenvalue weighted by Crippen LogP contribution is -2.22. The van der Waals surface area contributed by atoms with E-state index in [1.165, 1.54) is 11.3 Å². The van der Waals surface area contributed by atoms with Crippen LogP contribution >= 0.6 is 11.3 Å². The summed E-state index contributed by atoms with van der Waals surface area (Å²) in [7, 11) is 0. The number of hydrogen-bond donors (Lipinski definition) is 4. The van der Waals surface area contributed by atoms with Gasteiger partial charge < -0.3 is 20.6 Å². The van der Waals surface area contributed by atoms with Crippen LogP contribution in [0.2, 0.25) is 0 Å².